The van der Waals surface area contributed by atoms with Crippen LogP contribution in [0.5, 0.6) is 0 Å². The van der Waals surface area contributed by atoms with Crippen LogP contribution in [0.2, 0.25) is 0 Å². The van der Waals surface area contributed by atoms with E-state index in [0.29, 0.717) is 18.2 Å². The summed E-state index contributed by atoms with van der Waals surface area (Å²) < 4.78 is 51.1. The summed E-state index contributed by atoms with van der Waals surface area (Å²) in [4.78, 5) is 23.2. The number of benzene rings is 1. The maximum absolute atomic E-state index is 13.5. The van der Waals surface area contributed by atoms with Crippen molar-refractivity contribution < 1.29 is 27.2 Å². The lowest BCUT2D eigenvalue weighted by Gasteiger charge is -2.27. The molecule has 0 bridgehead atoms. The van der Waals surface area contributed by atoms with Gasteiger partial charge >= 0.3 is 12.2 Å². The van der Waals surface area contributed by atoms with E-state index >= 15 is 0 Å². The van der Waals surface area contributed by atoms with Gasteiger partial charge in [0.15, 0.2) is 0 Å². The van der Waals surface area contributed by atoms with Crippen LogP contribution in [-0.2, 0) is 11.0 Å². The number of hydrogen-bond donors (Lipinski definition) is 1. The first kappa shape index (κ1) is 13.3. The second-order valence-electron chi connectivity index (χ2n) is 3.92. The highest BCUT2D eigenvalue weighted by Crippen LogP contribution is 2.33. The molecular weight excluding hydrogens is 268 g/mol. The molecule has 102 valence electrons. The molecule has 0 aliphatic carbocycles. The van der Waals surface area contributed by atoms with Gasteiger partial charge in [-0.15, -0.1) is 0 Å². The van der Waals surface area contributed by atoms with Crippen LogP contribution in [-0.4, -0.2) is 18.5 Å². The van der Waals surface area contributed by atoms with E-state index in [0.717, 1.165) is 4.90 Å². The number of urea groups is 1. The fourth-order valence-corrected chi connectivity index (χ4v) is 1.69. The molecule has 1 aliphatic heterocycles. The van der Waals surface area contributed by atoms with Crippen molar-refractivity contribution in [1.82, 2.24) is 5.32 Å². The van der Waals surface area contributed by atoms with Crippen LogP contribution in [0.15, 0.2) is 18.2 Å². The zero-order valence-corrected chi connectivity index (χ0v) is 9.42. The summed E-state index contributed by atoms with van der Waals surface area (Å²) in [6.45, 7) is -0.164. The van der Waals surface area contributed by atoms with Crippen molar-refractivity contribution >= 4 is 17.6 Å². The third kappa shape index (κ3) is 2.67. The molecule has 1 aliphatic rings. The summed E-state index contributed by atoms with van der Waals surface area (Å²) in [5.41, 5.74) is -1.56. The van der Waals surface area contributed by atoms with Gasteiger partial charge in [-0.3, -0.25) is 15.0 Å². The largest absolute Gasteiger partial charge is 0.416 e. The minimum absolute atomic E-state index is 0.0958. The van der Waals surface area contributed by atoms with Crippen LogP contribution in [0.25, 0.3) is 0 Å². The summed E-state index contributed by atoms with van der Waals surface area (Å²) in [6, 6.07) is 0.841. The van der Waals surface area contributed by atoms with Gasteiger partial charge in [-0.1, -0.05) is 0 Å². The SMILES string of the molecule is O=C1CCN(c2cc(C(F)(F)F)ccc2F)C(=O)N1. The van der Waals surface area contributed by atoms with Gasteiger partial charge in [-0.25, -0.2) is 9.18 Å². The maximum atomic E-state index is 13.5. The molecule has 1 fully saturated rings. The van der Waals surface area contributed by atoms with Gasteiger partial charge in [0, 0.05) is 13.0 Å². The number of alkyl halides is 3. The van der Waals surface area contributed by atoms with Crippen molar-refractivity contribution in [3.8, 4) is 0 Å². The summed E-state index contributed by atoms with van der Waals surface area (Å²) in [5, 5.41) is 1.91. The van der Waals surface area contributed by atoms with Gasteiger partial charge < -0.3 is 0 Å². The van der Waals surface area contributed by atoms with Crippen LogP contribution in [0, 0.1) is 5.82 Å². The Labute approximate surface area is 105 Å². The number of carbonyl (C=O) groups excluding carboxylic acids is 2. The number of hydrogen-bond acceptors (Lipinski definition) is 2. The number of rotatable bonds is 1. The van der Waals surface area contributed by atoms with Gasteiger partial charge in [0.2, 0.25) is 5.91 Å². The van der Waals surface area contributed by atoms with Crippen LogP contribution in [0.4, 0.5) is 28.0 Å². The second kappa shape index (κ2) is 4.52. The molecule has 0 spiro atoms. The highest BCUT2D eigenvalue weighted by molar-refractivity contribution is 6.05. The molecule has 8 heteroatoms. The molecule has 1 saturated heterocycles. The molecule has 0 unspecified atom stereocenters. The van der Waals surface area contributed by atoms with Gasteiger partial charge in [0.25, 0.3) is 0 Å². The van der Waals surface area contributed by atoms with Crippen LogP contribution >= 0.6 is 0 Å². The first-order chi connectivity index (χ1) is 8.79. The van der Waals surface area contributed by atoms with E-state index in [4.69, 9.17) is 0 Å². The van der Waals surface area contributed by atoms with Crippen LogP contribution in [0.1, 0.15) is 12.0 Å². The van der Waals surface area contributed by atoms with Crippen molar-refractivity contribution in [2.45, 2.75) is 12.6 Å². The first-order valence-electron chi connectivity index (χ1n) is 5.27. The Hall–Kier alpha value is -2.12. The molecule has 0 radical (unpaired) electrons. The van der Waals surface area contributed by atoms with Crippen LogP contribution in [0.3, 0.4) is 0 Å². The Kier molecular flexibility index (Phi) is 3.17. The lowest BCUT2D eigenvalue weighted by molar-refractivity contribution is -0.137. The van der Waals surface area contributed by atoms with E-state index in [1.54, 1.807) is 0 Å². The quantitative estimate of drug-likeness (QED) is 0.800. The molecule has 1 aromatic carbocycles. The molecule has 3 amide bonds. The maximum Gasteiger partial charge on any atom is 0.416 e. The number of amides is 3. The summed E-state index contributed by atoms with van der Waals surface area (Å²) in [6.07, 6.45) is -4.73. The van der Waals surface area contributed by atoms with Crippen molar-refractivity contribution in [3.63, 3.8) is 0 Å². The molecule has 4 nitrogen and oxygen atoms in total. The van der Waals surface area contributed by atoms with E-state index in [9.17, 15) is 27.2 Å². The zero-order valence-electron chi connectivity index (χ0n) is 9.42. The van der Waals surface area contributed by atoms with Crippen molar-refractivity contribution in [3.05, 3.63) is 29.6 Å². The minimum atomic E-state index is -4.63. The van der Waals surface area contributed by atoms with Gasteiger partial charge in [0.05, 0.1) is 11.3 Å². The average molecular weight is 276 g/mol. The number of carbonyl (C=O) groups is 2. The van der Waals surface area contributed by atoms with Crippen molar-refractivity contribution in [2.24, 2.45) is 0 Å². The standard InChI is InChI=1S/C11H8F4N2O2/c12-7-2-1-6(11(13,14)15)5-8(7)17-4-3-9(18)16-10(17)19/h1-2,5H,3-4H2,(H,16,18,19). The smallest absolute Gasteiger partial charge is 0.291 e. The topological polar surface area (TPSA) is 49.4 Å². The van der Waals surface area contributed by atoms with E-state index in [1.165, 1.54) is 0 Å². The Bertz CT molecular complexity index is 542. The minimum Gasteiger partial charge on any atom is -0.291 e. The molecular formula is C11H8F4N2O2. The second-order valence-corrected chi connectivity index (χ2v) is 3.92. The lowest BCUT2D eigenvalue weighted by Crippen LogP contribution is -2.50. The third-order valence-corrected chi connectivity index (χ3v) is 2.62. The highest BCUT2D eigenvalue weighted by Gasteiger charge is 2.33. The molecule has 0 atom stereocenters. The average Bonchev–Trinajstić information content (AvgIpc) is 2.29. The fourth-order valence-electron chi connectivity index (χ4n) is 1.69. The molecule has 0 aromatic heterocycles. The number of halogens is 4. The third-order valence-electron chi connectivity index (χ3n) is 2.62. The van der Waals surface area contributed by atoms with Crippen molar-refractivity contribution in [2.75, 3.05) is 11.4 Å². The molecule has 2 rings (SSSR count). The van der Waals surface area contributed by atoms with Gasteiger partial charge in [0.1, 0.15) is 5.82 Å². The van der Waals surface area contributed by atoms with Gasteiger partial charge in [-0.05, 0) is 18.2 Å². The van der Waals surface area contributed by atoms with E-state index in [1.807, 2.05) is 5.32 Å². The van der Waals surface area contributed by atoms with E-state index < -0.39 is 35.2 Å². The monoisotopic (exact) mass is 276 g/mol. The zero-order chi connectivity index (χ0) is 14.2. The number of nitrogens with one attached hydrogen (secondary N) is 1. The number of imide groups is 1. The molecule has 1 N–H and O–H groups in total. The van der Waals surface area contributed by atoms with Crippen LogP contribution < -0.4 is 10.2 Å². The highest BCUT2D eigenvalue weighted by atomic mass is 19.4. The molecule has 1 aromatic rings. The summed E-state index contributed by atoms with van der Waals surface area (Å²) in [7, 11) is 0. The molecule has 0 saturated carbocycles. The summed E-state index contributed by atoms with van der Waals surface area (Å²) >= 11 is 0. The summed E-state index contributed by atoms with van der Waals surface area (Å²) in [5.74, 6) is -1.51. The fraction of sp³-hybridized carbons (Fsp3) is 0.273. The lowest BCUT2D eigenvalue weighted by atomic mass is 10.1. The van der Waals surface area contributed by atoms with E-state index in [-0.39, 0.29) is 13.0 Å². The van der Waals surface area contributed by atoms with E-state index in [2.05, 4.69) is 0 Å². The first-order valence-corrected chi connectivity index (χ1v) is 5.27. The Morgan fingerprint density at radius 1 is 1.21 bits per heavy atom. The normalized spacial score (nSPS) is 16.5. The Morgan fingerprint density at radius 2 is 1.89 bits per heavy atom. The molecule has 19 heavy (non-hydrogen) atoms. The molecule has 1 heterocycles. The number of anilines is 1. The Balaban J connectivity index is 2.39. The predicted octanol–water partition coefficient (Wildman–Crippen LogP) is 2.29. The predicted molar refractivity (Wildman–Crippen MR) is 56.9 cm³/mol. The van der Waals surface area contributed by atoms with Crippen molar-refractivity contribution in [1.29, 1.82) is 0 Å². The Morgan fingerprint density at radius 3 is 2.47 bits per heavy atom. The van der Waals surface area contributed by atoms with Gasteiger partial charge in [-0.2, -0.15) is 13.2 Å². The number of nitrogens with zero attached hydrogens (tertiary/aromatic N) is 1.